The van der Waals surface area contributed by atoms with E-state index >= 15 is 0 Å². The molecular formula is C13H18ClNO2. The summed E-state index contributed by atoms with van der Waals surface area (Å²) in [5.41, 5.74) is 1.07. The Labute approximate surface area is 107 Å². The molecule has 0 radical (unpaired) electrons. The first-order valence-corrected chi connectivity index (χ1v) is 5.83. The Morgan fingerprint density at radius 2 is 2.18 bits per heavy atom. The van der Waals surface area contributed by atoms with Gasteiger partial charge in [0.2, 0.25) is 0 Å². The second-order valence-corrected chi connectivity index (χ2v) is 4.30. The van der Waals surface area contributed by atoms with Crippen molar-refractivity contribution in [3.63, 3.8) is 0 Å². The molecule has 0 bridgehead atoms. The maximum atomic E-state index is 9.01. The van der Waals surface area contributed by atoms with Gasteiger partial charge in [-0.2, -0.15) is 0 Å². The van der Waals surface area contributed by atoms with Gasteiger partial charge in [-0.15, -0.1) is 0 Å². The molecule has 0 atom stereocenters. The summed E-state index contributed by atoms with van der Waals surface area (Å²) in [6.07, 6.45) is 0. The fraction of sp³-hybridized carbons (Fsp3) is 0.385. The Kier molecular flexibility index (Phi) is 6.05. The van der Waals surface area contributed by atoms with Crippen molar-refractivity contribution in [2.24, 2.45) is 0 Å². The van der Waals surface area contributed by atoms with Gasteiger partial charge in [0.15, 0.2) is 0 Å². The van der Waals surface area contributed by atoms with Crippen LogP contribution < -0.4 is 4.74 Å². The van der Waals surface area contributed by atoms with Gasteiger partial charge in [-0.3, -0.25) is 4.90 Å². The van der Waals surface area contributed by atoms with Crippen LogP contribution in [-0.4, -0.2) is 36.8 Å². The molecule has 0 aliphatic heterocycles. The van der Waals surface area contributed by atoms with Gasteiger partial charge in [0.25, 0.3) is 0 Å². The van der Waals surface area contributed by atoms with E-state index in [0.29, 0.717) is 24.7 Å². The zero-order valence-electron chi connectivity index (χ0n) is 10.0. The van der Waals surface area contributed by atoms with E-state index in [9.17, 15) is 0 Å². The molecule has 3 nitrogen and oxygen atoms in total. The van der Waals surface area contributed by atoms with Gasteiger partial charge < -0.3 is 9.84 Å². The predicted octanol–water partition coefficient (Wildman–Crippen LogP) is 2.24. The van der Waals surface area contributed by atoms with E-state index in [1.165, 1.54) is 0 Å². The molecule has 0 unspecified atom stereocenters. The molecule has 1 N–H and O–H groups in total. The molecule has 0 saturated heterocycles. The molecule has 0 heterocycles. The van der Waals surface area contributed by atoms with Crippen LogP contribution in [0.3, 0.4) is 0 Å². The van der Waals surface area contributed by atoms with Crippen molar-refractivity contribution in [1.29, 1.82) is 0 Å². The van der Waals surface area contributed by atoms with Gasteiger partial charge in [-0.1, -0.05) is 36.4 Å². The molecule has 1 aromatic rings. The van der Waals surface area contributed by atoms with Gasteiger partial charge in [0.05, 0.1) is 13.7 Å². The topological polar surface area (TPSA) is 32.7 Å². The summed E-state index contributed by atoms with van der Waals surface area (Å²) < 4.78 is 5.28. The molecule has 0 saturated carbocycles. The van der Waals surface area contributed by atoms with Crippen molar-refractivity contribution in [3.8, 4) is 5.75 Å². The predicted molar refractivity (Wildman–Crippen MR) is 70.3 cm³/mol. The highest BCUT2D eigenvalue weighted by Crippen LogP contribution is 2.19. The number of ether oxygens (including phenoxy) is 1. The Balaban J connectivity index is 2.74. The zero-order chi connectivity index (χ0) is 12.7. The molecule has 0 amide bonds. The maximum absolute atomic E-state index is 9.01. The van der Waals surface area contributed by atoms with Crippen LogP contribution in [0.4, 0.5) is 0 Å². The van der Waals surface area contributed by atoms with E-state index in [1.54, 1.807) is 7.11 Å². The summed E-state index contributed by atoms with van der Waals surface area (Å²) in [7, 11) is 1.65. The summed E-state index contributed by atoms with van der Waals surface area (Å²) in [5.74, 6) is 0.843. The number of hydrogen-bond acceptors (Lipinski definition) is 3. The maximum Gasteiger partial charge on any atom is 0.123 e. The molecule has 0 aliphatic rings. The summed E-state index contributed by atoms with van der Waals surface area (Å²) in [6, 6.07) is 7.81. The van der Waals surface area contributed by atoms with Crippen molar-refractivity contribution in [2.45, 2.75) is 6.54 Å². The fourth-order valence-corrected chi connectivity index (χ4v) is 1.84. The molecule has 94 valence electrons. The number of hydrogen-bond donors (Lipinski definition) is 1. The van der Waals surface area contributed by atoms with E-state index in [1.807, 2.05) is 29.2 Å². The van der Waals surface area contributed by atoms with E-state index in [4.69, 9.17) is 21.4 Å². The van der Waals surface area contributed by atoms with Crippen LogP contribution >= 0.6 is 11.6 Å². The first kappa shape index (κ1) is 14.0. The Bertz CT molecular complexity index is 368. The molecule has 0 spiro atoms. The average Bonchev–Trinajstić information content (AvgIpc) is 2.29. The number of aliphatic hydroxyl groups is 1. The molecule has 0 aliphatic carbocycles. The number of halogens is 1. The summed E-state index contributed by atoms with van der Waals surface area (Å²) in [6.45, 7) is 5.56. The monoisotopic (exact) mass is 255 g/mol. The SMILES string of the molecule is C=C(Cl)CN(CCO)Cc1ccccc1OC. The summed E-state index contributed by atoms with van der Waals surface area (Å²) in [4.78, 5) is 2.02. The fourth-order valence-electron chi connectivity index (χ4n) is 1.67. The smallest absolute Gasteiger partial charge is 0.123 e. The molecule has 1 rings (SSSR count). The van der Waals surface area contributed by atoms with Gasteiger partial charge in [0.1, 0.15) is 5.75 Å². The lowest BCUT2D eigenvalue weighted by Crippen LogP contribution is -2.27. The second-order valence-electron chi connectivity index (χ2n) is 3.76. The quantitative estimate of drug-likeness (QED) is 0.811. The van der Waals surface area contributed by atoms with E-state index in [-0.39, 0.29) is 6.61 Å². The molecule has 1 aromatic carbocycles. The summed E-state index contributed by atoms with van der Waals surface area (Å²) >= 11 is 5.80. The third kappa shape index (κ3) is 4.77. The van der Waals surface area contributed by atoms with E-state index < -0.39 is 0 Å². The Morgan fingerprint density at radius 1 is 1.47 bits per heavy atom. The lowest BCUT2D eigenvalue weighted by atomic mass is 10.2. The Hall–Kier alpha value is -1.03. The van der Waals surface area contributed by atoms with Gasteiger partial charge in [0, 0.05) is 30.2 Å². The first-order valence-electron chi connectivity index (χ1n) is 5.45. The van der Waals surface area contributed by atoms with Crippen LogP contribution in [0.1, 0.15) is 5.56 Å². The largest absolute Gasteiger partial charge is 0.496 e. The van der Waals surface area contributed by atoms with Crippen molar-refractivity contribution in [3.05, 3.63) is 41.4 Å². The number of aliphatic hydroxyl groups excluding tert-OH is 1. The van der Waals surface area contributed by atoms with Gasteiger partial charge >= 0.3 is 0 Å². The number of benzene rings is 1. The van der Waals surface area contributed by atoms with Crippen molar-refractivity contribution in [1.82, 2.24) is 4.90 Å². The second kappa shape index (κ2) is 7.33. The van der Waals surface area contributed by atoms with Crippen LogP contribution in [0.2, 0.25) is 0 Å². The van der Waals surface area contributed by atoms with Crippen molar-refractivity contribution in [2.75, 3.05) is 26.8 Å². The van der Waals surface area contributed by atoms with Crippen LogP contribution in [0, 0.1) is 0 Å². The number of para-hydroxylation sites is 1. The van der Waals surface area contributed by atoms with Crippen LogP contribution in [0.15, 0.2) is 35.9 Å². The van der Waals surface area contributed by atoms with Gasteiger partial charge in [-0.25, -0.2) is 0 Å². The van der Waals surface area contributed by atoms with Crippen LogP contribution in [-0.2, 0) is 6.54 Å². The van der Waals surface area contributed by atoms with Gasteiger partial charge in [-0.05, 0) is 6.07 Å². The van der Waals surface area contributed by atoms with Crippen LogP contribution in [0.25, 0.3) is 0 Å². The molecule has 0 aromatic heterocycles. The third-order valence-corrected chi connectivity index (χ3v) is 2.52. The Morgan fingerprint density at radius 3 is 2.76 bits per heavy atom. The summed E-state index contributed by atoms with van der Waals surface area (Å²) in [5, 5.41) is 9.57. The zero-order valence-corrected chi connectivity index (χ0v) is 10.8. The normalized spacial score (nSPS) is 10.6. The molecule has 0 fully saturated rings. The molecule has 4 heteroatoms. The molecule has 17 heavy (non-hydrogen) atoms. The minimum atomic E-state index is 0.0965. The highest BCUT2D eigenvalue weighted by Gasteiger charge is 2.09. The van der Waals surface area contributed by atoms with Crippen LogP contribution in [0.5, 0.6) is 5.75 Å². The van der Waals surface area contributed by atoms with Crippen molar-refractivity contribution < 1.29 is 9.84 Å². The number of rotatable bonds is 7. The molecular weight excluding hydrogens is 238 g/mol. The lowest BCUT2D eigenvalue weighted by molar-refractivity contribution is 0.201. The number of nitrogens with zero attached hydrogens (tertiary/aromatic N) is 1. The first-order chi connectivity index (χ1) is 8.17. The number of methoxy groups -OCH3 is 1. The van der Waals surface area contributed by atoms with E-state index in [0.717, 1.165) is 11.3 Å². The third-order valence-electron chi connectivity index (χ3n) is 2.40. The average molecular weight is 256 g/mol. The highest BCUT2D eigenvalue weighted by molar-refractivity contribution is 6.29. The van der Waals surface area contributed by atoms with Crippen molar-refractivity contribution >= 4 is 11.6 Å². The minimum absolute atomic E-state index is 0.0965. The standard InChI is InChI=1S/C13H18ClNO2/c1-11(14)9-15(7-8-16)10-12-5-3-4-6-13(12)17-2/h3-6,16H,1,7-10H2,2H3. The minimum Gasteiger partial charge on any atom is -0.496 e. The van der Waals surface area contributed by atoms with E-state index in [2.05, 4.69) is 6.58 Å². The highest BCUT2D eigenvalue weighted by atomic mass is 35.5. The lowest BCUT2D eigenvalue weighted by Gasteiger charge is -2.21.